The van der Waals surface area contributed by atoms with Gasteiger partial charge in [0, 0.05) is 43.3 Å². The fourth-order valence-corrected chi connectivity index (χ4v) is 3.70. The number of aliphatic hydroxyl groups excluding tert-OH is 1. The van der Waals surface area contributed by atoms with Gasteiger partial charge in [-0.25, -0.2) is 4.98 Å². The van der Waals surface area contributed by atoms with E-state index in [9.17, 15) is 5.11 Å². The molecule has 1 saturated heterocycles. The second kappa shape index (κ2) is 6.66. The first-order valence-electron chi connectivity index (χ1n) is 8.95. The van der Waals surface area contributed by atoms with Gasteiger partial charge in [-0.3, -0.25) is 4.90 Å². The van der Waals surface area contributed by atoms with E-state index < -0.39 is 0 Å². The average Bonchev–Trinajstić information content (AvgIpc) is 3.12. The van der Waals surface area contributed by atoms with Gasteiger partial charge >= 0.3 is 0 Å². The Morgan fingerprint density at radius 3 is 2.69 bits per heavy atom. The fraction of sp³-hybridized carbons (Fsp3) is 0.421. The van der Waals surface area contributed by atoms with E-state index in [0.29, 0.717) is 12.3 Å². The van der Waals surface area contributed by atoms with Crippen molar-refractivity contribution in [2.24, 2.45) is 0 Å². The van der Waals surface area contributed by atoms with E-state index in [4.69, 9.17) is 0 Å². The van der Waals surface area contributed by atoms with Crippen molar-refractivity contribution in [3.8, 4) is 11.3 Å². The Labute approximate surface area is 152 Å². The topological polar surface area (TPSA) is 69.8 Å². The van der Waals surface area contributed by atoms with Crippen LogP contribution >= 0.6 is 0 Å². The smallest absolute Gasteiger partial charge is 0.254 e. The molecule has 3 heterocycles. The molecule has 3 aromatic rings. The second-order valence-corrected chi connectivity index (χ2v) is 7.28. The molecule has 1 aliphatic heterocycles. The van der Waals surface area contributed by atoms with E-state index in [1.807, 2.05) is 22.7 Å². The zero-order chi connectivity index (χ0) is 18.1. The Balaban J connectivity index is 1.73. The number of hydrogen-bond donors (Lipinski definition) is 1. The molecule has 1 aromatic carbocycles. The molecule has 0 radical (unpaired) electrons. The first-order valence-corrected chi connectivity index (χ1v) is 8.95. The maximum absolute atomic E-state index is 9.32. The van der Waals surface area contributed by atoms with Crippen LogP contribution in [0, 0.1) is 0 Å². The zero-order valence-electron chi connectivity index (χ0n) is 15.2. The summed E-state index contributed by atoms with van der Waals surface area (Å²) in [6.07, 6.45) is 1.55. The molecule has 0 bridgehead atoms. The molecule has 2 aromatic heterocycles. The summed E-state index contributed by atoms with van der Waals surface area (Å²) in [7, 11) is 0. The van der Waals surface area contributed by atoms with Gasteiger partial charge in [-0.05, 0) is 13.8 Å². The number of β-amino-alcohol motifs (C(OH)–C–C–N with tert-alkyl or cyclic N) is 1. The van der Waals surface area contributed by atoms with Crippen molar-refractivity contribution < 1.29 is 5.11 Å². The lowest BCUT2D eigenvalue weighted by Gasteiger charge is -2.47. The van der Waals surface area contributed by atoms with E-state index in [0.717, 1.165) is 36.7 Å². The normalized spacial score (nSPS) is 17.7. The number of benzene rings is 1. The lowest BCUT2D eigenvalue weighted by molar-refractivity contribution is 0.0809. The van der Waals surface area contributed by atoms with Gasteiger partial charge in [-0.2, -0.15) is 14.6 Å². The number of nitrogens with zero attached hydrogens (tertiary/aromatic N) is 6. The molecule has 1 fully saturated rings. The summed E-state index contributed by atoms with van der Waals surface area (Å²) in [5.74, 6) is 1.61. The molecule has 7 nitrogen and oxygen atoms in total. The van der Waals surface area contributed by atoms with E-state index in [1.54, 1.807) is 6.33 Å². The molecule has 0 spiro atoms. The SMILES string of the molecule is CC1(C)CN(c2cc(-c3ccccc3)nc3ncnn23)CCN1CCO. The molecular formula is C19H24N6O. The molecule has 1 N–H and O–H groups in total. The van der Waals surface area contributed by atoms with Crippen LogP contribution in [-0.2, 0) is 0 Å². The molecule has 0 saturated carbocycles. The molecule has 136 valence electrons. The predicted molar refractivity (Wildman–Crippen MR) is 101 cm³/mol. The Morgan fingerprint density at radius 1 is 1.15 bits per heavy atom. The van der Waals surface area contributed by atoms with Gasteiger partial charge in [0.15, 0.2) is 0 Å². The van der Waals surface area contributed by atoms with Gasteiger partial charge in [-0.1, -0.05) is 30.3 Å². The summed E-state index contributed by atoms with van der Waals surface area (Å²) in [5, 5.41) is 13.7. The van der Waals surface area contributed by atoms with Crippen LogP contribution in [0.3, 0.4) is 0 Å². The summed E-state index contributed by atoms with van der Waals surface area (Å²) < 4.78 is 1.81. The zero-order valence-corrected chi connectivity index (χ0v) is 15.2. The highest BCUT2D eigenvalue weighted by Crippen LogP contribution is 2.28. The van der Waals surface area contributed by atoms with Crippen LogP contribution in [0.25, 0.3) is 17.0 Å². The quantitative estimate of drug-likeness (QED) is 0.770. The average molecular weight is 352 g/mol. The molecule has 26 heavy (non-hydrogen) atoms. The molecule has 0 aliphatic carbocycles. The first kappa shape index (κ1) is 16.9. The maximum Gasteiger partial charge on any atom is 0.254 e. The standard InChI is InChI=1S/C19H24N6O/c1-19(2)13-23(8-9-24(19)10-11-26)17-12-16(15-6-4-3-5-7-15)22-18-20-14-21-25(17)18/h3-7,12,14,26H,8-11,13H2,1-2H3. The van der Waals surface area contributed by atoms with Crippen LogP contribution in [0.15, 0.2) is 42.7 Å². The summed E-state index contributed by atoms with van der Waals surface area (Å²) >= 11 is 0. The Hall–Kier alpha value is -2.51. The summed E-state index contributed by atoms with van der Waals surface area (Å²) in [5.41, 5.74) is 1.93. The second-order valence-electron chi connectivity index (χ2n) is 7.28. The highest BCUT2D eigenvalue weighted by Gasteiger charge is 2.34. The largest absolute Gasteiger partial charge is 0.395 e. The number of anilines is 1. The van der Waals surface area contributed by atoms with Gasteiger partial charge in [0.05, 0.1) is 12.3 Å². The van der Waals surface area contributed by atoms with E-state index in [2.05, 4.69) is 56.9 Å². The Morgan fingerprint density at radius 2 is 1.96 bits per heavy atom. The molecule has 0 amide bonds. The first-order chi connectivity index (χ1) is 12.6. The third-order valence-corrected chi connectivity index (χ3v) is 5.07. The fourth-order valence-electron chi connectivity index (χ4n) is 3.70. The van der Waals surface area contributed by atoms with Crippen molar-refractivity contribution in [1.82, 2.24) is 24.5 Å². The Bertz CT molecular complexity index is 891. The molecule has 0 atom stereocenters. The number of piperazine rings is 1. The highest BCUT2D eigenvalue weighted by molar-refractivity contribution is 5.65. The third kappa shape index (κ3) is 3.04. The minimum Gasteiger partial charge on any atom is -0.395 e. The van der Waals surface area contributed by atoms with Crippen molar-refractivity contribution >= 4 is 11.6 Å². The molecule has 1 aliphatic rings. The van der Waals surface area contributed by atoms with E-state index >= 15 is 0 Å². The maximum atomic E-state index is 9.32. The van der Waals surface area contributed by atoms with E-state index in [1.165, 1.54) is 0 Å². The van der Waals surface area contributed by atoms with Crippen LogP contribution in [0.2, 0.25) is 0 Å². The highest BCUT2D eigenvalue weighted by atomic mass is 16.3. The molecular weight excluding hydrogens is 328 g/mol. The summed E-state index contributed by atoms with van der Waals surface area (Å²) in [6, 6.07) is 12.2. The number of aliphatic hydroxyl groups is 1. The van der Waals surface area contributed by atoms with Crippen LogP contribution < -0.4 is 4.90 Å². The van der Waals surface area contributed by atoms with Crippen molar-refractivity contribution in [2.75, 3.05) is 37.7 Å². The van der Waals surface area contributed by atoms with Crippen LogP contribution in [0.1, 0.15) is 13.8 Å². The van der Waals surface area contributed by atoms with Gasteiger partial charge in [0.1, 0.15) is 12.1 Å². The van der Waals surface area contributed by atoms with Crippen LogP contribution in [-0.4, -0.2) is 67.9 Å². The lowest BCUT2D eigenvalue weighted by atomic mass is 9.98. The minimum atomic E-state index is -0.0376. The van der Waals surface area contributed by atoms with Crippen LogP contribution in [0.4, 0.5) is 5.82 Å². The van der Waals surface area contributed by atoms with Gasteiger partial charge in [0.2, 0.25) is 0 Å². The van der Waals surface area contributed by atoms with Crippen LogP contribution in [0.5, 0.6) is 0 Å². The molecule has 7 heteroatoms. The summed E-state index contributed by atoms with van der Waals surface area (Å²) in [6.45, 7) is 7.93. The van der Waals surface area contributed by atoms with Crippen molar-refractivity contribution in [2.45, 2.75) is 19.4 Å². The number of rotatable bonds is 4. The lowest BCUT2D eigenvalue weighted by Crippen LogP contribution is -2.60. The number of aromatic nitrogens is 4. The van der Waals surface area contributed by atoms with Gasteiger partial charge in [0.25, 0.3) is 5.78 Å². The van der Waals surface area contributed by atoms with Crippen molar-refractivity contribution in [3.05, 3.63) is 42.7 Å². The molecule has 4 rings (SSSR count). The number of hydrogen-bond acceptors (Lipinski definition) is 6. The van der Waals surface area contributed by atoms with Gasteiger partial charge in [-0.15, -0.1) is 0 Å². The third-order valence-electron chi connectivity index (χ3n) is 5.07. The summed E-state index contributed by atoms with van der Waals surface area (Å²) in [4.78, 5) is 13.6. The molecule has 0 unspecified atom stereocenters. The van der Waals surface area contributed by atoms with Crippen molar-refractivity contribution in [1.29, 1.82) is 0 Å². The van der Waals surface area contributed by atoms with Crippen molar-refractivity contribution in [3.63, 3.8) is 0 Å². The van der Waals surface area contributed by atoms with Gasteiger partial charge < -0.3 is 10.0 Å². The minimum absolute atomic E-state index is 0.0376. The predicted octanol–water partition coefficient (Wildman–Crippen LogP) is 1.68. The number of fused-ring (bicyclic) bond motifs is 1. The monoisotopic (exact) mass is 352 g/mol. The van der Waals surface area contributed by atoms with E-state index in [-0.39, 0.29) is 12.1 Å². The Kier molecular flexibility index (Phi) is 4.34.